The second kappa shape index (κ2) is 7.00. The minimum absolute atomic E-state index is 0.271. The molecular weight excluding hydrogens is 406 g/mol. The van der Waals surface area contributed by atoms with E-state index in [0.29, 0.717) is 10.2 Å². The van der Waals surface area contributed by atoms with Crippen LogP contribution in [0.2, 0.25) is 0 Å². The Kier molecular flexibility index (Phi) is 4.53. The highest BCUT2D eigenvalue weighted by molar-refractivity contribution is 9.10. The molecule has 0 saturated heterocycles. The molecule has 0 spiro atoms. The fraction of sp³-hybridized carbons (Fsp3) is 0.150. The molecule has 0 fully saturated rings. The maximum Gasteiger partial charge on any atom is 0.273 e. The van der Waals surface area contributed by atoms with Crippen LogP contribution in [0.4, 0.5) is 0 Å². The molecular formula is C20H18BrN5O. The van der Waals surface area contributed by atoms with Crippen LogP contribution in [0.15, 0.2) is 59.1 Å². The van der Waals surface area contributed by atoms with E-state index >= 15 is 0 Å². The van der Waals surface area contributed by atoms with E-state index in [1.165, 1.54) is 0 Å². The van der Waals surface area contributed by atoms with Gasteiger partial charge in [0, 0.05) is 12.7 Å². The van der Waals surface area contributed by atoms with Gasteiger partial charge in [-0.25, -0.2) is 4.98 Å². The first-order valence-electron chi connectivity index (χ1n) is 8.54. The van der Waals surface area contributed by atoms with Crippen LogP contribution in [0.25, 0.3) is 11.0 Å². The molecule has 0 aliphatic rings. The Morgan fingerprint density at radius 3 is 2.52 bits per heavy atom. The summed E-state index contributed by atoms with van der Waals surface area (Å²) in [5.74, 6) is 0.492. The van der Waals surface area contributed by atoms with E-state index in [2.05, 4.69) is 31.4 Å². The van der Waals surface area contributed by atoms with Crippen molar-refractivity contribution in [1.29, 1.82) is 0 Å². The summed E-state index contributed by atoms with van der Waals surface area (Å²) in [5.41, 5.74) is 3.99. The van der Waals surface area contributed by atoms with E-state index in [-0.39, 0.29) is 5.91 Å². The van der Waals surface area contributed by atoms with Crippen molar-refractivity contribution in [3.8, 4) is 0 Å². The summed E-state index contributed by atoms with van der Waals surface area (Å²) in [7, 11) is 1.96. The number of hydrogen-bond donors (Lipinski definition) is 2. The summed E-state index contributed by atoms with van der Waals surface area (Å²) in [6, 6.07) is 17.3. The summed E-state index contributed by atoms with van der Waals surface area (Å²) in [4.78, 5) is 17.7. The second-order valence-electron chi connectivity index (χ2n) is 6.35. The van der Waals surface area contributed by atoms with Gasteiger partial charge in [-0.15, -0.1) is 0 Å². The number of fused-ring (bicyclic) bond motifs is 1. The number of imidazole rings is 1. The van der Waals surface area contributed by atoms with Crippen LogP contribution in [0.5, 0.6) is 0 Å². The smallest absolute Gasteiger partial charge is 0.273 e. The molecule has 2 heterocycles. The number of amides is 1. The molecule has 6 nitrogen and oxygen atoms in total. The lowest BCUT2D eigenvalue weighted by atomic mass is 10.1. The van der Waals surface area contributed by atoms with Crippen molar-refractivity contribution in [2.24, 2.45) is 7.05 Å². The number of aromatic amines is 1. The average Bonchev–Trinajstić information content (AvgIpc) is 3.20. The number of benzene rings is 2. The quantitative estimate of drug-likeness (QED) is 0.522. The third-order valence-electron chi connectivity index (χ3n) is 4.58. The zero-order valence-corrected chi connectivity index (χ0v) is 16.5. The Bertz CT molecular complexity index is 1120. The summed E-state index contributed by atoms with van der Waals surface area (Å²) >= 11 is 3.42. The summed E-state index contributed by atoms with van der Waals surface area (Å²) in [5, 5.41) is 10.0. The average molecular weight is 424 g/mol. The fourth-order valence-corrected chi connectivity index (χ4v) is 3.49. The van der Waals surface area contributed by atoms with E-state index in [1.54, 1.807) is 0 Å². The number of para-hydroxylation sites is 2. The molecule has 0 aliphatic carbocycles. The van der Waals surface area contributed by atoms with Gasteiger partial charge in [0.1, 0.15) is 11.9 Å². The van der Waals surface area contributed by atoms with Crippen LogP contribution >= 0.6 is 15.9 Å². The molecule has 136 valence electrons. The molecule has 1 amide bonds. The monoisotopic (exact) mass is 423 g/mol. The van der Waals surface area contributed by atoms with E-state index in [4.69, 9.17) is 4.98 Å². The van der Waals surface area contributed by atoms with Gasteiger partial charge < -0.3 is 9.88 Å². The number of aromatic nitrogens is 4. The van der Waals surface area contributed by atoms with Crippen LogP contribution in [0.1, 0.15) is 33.6 Å². The topological polar surface area (TPSA) is 75.6 Å². The molecule has 4 rings (SSSR count). The zero-order chi connectivity index (χ0) is 19.0. The van der Waals surface area contributed by atoms with E-state index < -0.39 is 6.04 Å². The molecule has 0 aliphatic heterocycles. The van der Waals surface area contributed by atoms with Gasteiger partial charge >= 0.3 is 0 Å². The third-order valence-corrected chi connectivity index (χ3v) is 5.55. The summed E-state index contributed by atoms with van der Waals surface area (Å²) < 4.78 is 2.68. The molecule has 7 heteroatoms. The lowest BCUT2D eigenvalue weighted by Crippen LogP contribution is -2.31. The lowest BCUT2D eigenvalue weighted by molar-refractivity contribution is 0.0935. The van der Waals surface area contributed by atoms with Gasteiger partial charge in [-0.2, -0.15) is 5.10 Å². The van der Waals surface area contributed by atoms with Crippen molar-refractivity contribution in [2.75, 3.05) is 0 Å². The molecule has 0 radical (unpaired) electrons. The molecule has 4 aromatic rings. The minimum Gasteiger partial charge on any atom is -0.337 e. The first-order valence-corrected chi connectivity index (χ1v) is 9.33. The molecule has 0 saturated carbocycles. The number of nitrogens with zero attached hydrogens (tertiary/aromatic N) is 3. The Morgan fingerprint density at radius 1 is 1.15 bits per heavy atom. The number of halogens is 1. The Labute approximate surface area is 164 Å². The first-order chi connectivity index (χ1) is 13.1. The molecule has 2 aromatic heterocycles. The molecule has 27 heavy (non-hydrogen) atoms. The molecule has 1 atom stereocenters. The summed E-state index contributed by atoms with van der Waals surface area (Å²) in [6.45, 7) is 1.86. The van der Waals surface area contributed by atoms with Gasteiger partial charge in [-0.05, 0) is 40.5 Å². The van der Waals surface area contributed by atoms with Crippen LogP contribution in [0, 0.1) is 6.92 Å². The van der Waals surface area contributed by atoms with Crippen molar-refractivity contribution in [3.63, 3.8) is 0 Å². The first kappa shape index (κ1) is 17.5. The van der Waals surface area contributed by atoms with Crippen LogP contribution in [0.3, 0.4) is 0 Å². The van der Waals surface area contributed by atoms with Crippen molar-refractivity contribution < 1.29 is 4.79 Å². The Hall–Kier alpha value is -2.93. The predicted octanol–water partition coefficient (Wildman–Crippen LogP) is 3.89. The van der Waals surface area contributed by atoms with E-state index in [0.717, 1.165) is 28.1 Å². The Morgan fingerprint density at radius 2 is 1.85 bits per heavy atom. The highest BCUT2D eigenvalue weighted by Gasteiger charge is 2.25. The van der Waals surface area contributed by atoms with Gasteiger partial charge in [-0.3, -0.25) is 9.89 Å². The zero-order valence-electron chi connectivity index (χ0n) is 14.9. The number of hydrogen-bond acceptors (Lipinski definition) is 3. The summed E-state index contributed by atoms with van der Waals surface area (Å²) in [6.07, 6.45) is 0. The third kappa shape index (κ3) is 3.14. The van der Waals surface area contributed by atoms with Crippen molar-refractivity contribution >= 4 is 32.9 Å². The minimum atomic E-state index is -0.403. The standard InChI is InChI=1S/C20H18BrN5O/c1-12-16(21)18(25-24-12)20(27)23-17(13-8-4-3-5-9-13)19-22-14-10-6-7-11-15(14)26(19)2/h3-11,17H,1-2H3,(H,23,27)(H,24,25). The number of aryl methyl sites for hydroxylation is 2. The SMILES string of the molecule is Cc1[nH]nc(C(=O)NC(c2ccccc2)c2nc3ccccc3n2C)c1Br. The number of carbonyl (C=O) groups excluding carboxylic acids is 1. The van der Waals surface area contributed by atoms with Crippen LogP contribution in [-0.2, 0) is 7.05 Å². The maximum atomic E-state index is 12.9. The molecule has 2 aromatic carbocycles. The van der Waals surface area contributed by atoms with Crippen molar-refractivity contribution in [2.45, 2.75) is 13.0 Å². The lowest BCUT2D eigenvalue weighted by Gasteiger charge is -2.19. The van der Waals surface area contributed by atoms with Crippen molar-refractivity contribution in [1.82, 2.24) is 25.1 Å². The van der Waals surface area contributed by atoms with E-state index in [9.17, 15) is 4.79 Å². The van der Waals surface area contributed by atoms with Gasteiger partial charge in [0.15, 0.2) is 5.69 Å². The van der Waals surface area contributed by atoms with E-state index in [1.807, 2.05) is 73.1 Å². The largest absolute Gasteiger partial charge is 0.337 e. The number of rotatable bonds is 4. The predicted molar refractivity (Wildman–Crippen MR) is 107 cm³/mol. The number of carbonyl (C=O) groups is 1. The second-order valence-corrected chi connectivity index (χ2v) is 7.14. The van der Waals surface area contributed by atoms with Gasteiger partial charge in [0.25, 0.3) is 5.91 Å². The normalized spacial score (nSPS) is 12.3. The molecule has 2 N–H and O–H groups in total. The Balaban J connectivity index is 1.79. The van der Waals surface area contributed by atoms with Crippen LogP contribution < -0.4 is 5.32 Å². The number of nitrogens with one attached hydrogen (secondary N) is 2. The molecule has 1 unspecified atom stereocenters. The highest BCUT2D eigenvalue weighted by atomic mass is 79.9. The van der Waals surface area contributed by atoms with Gasteiger partial charge in [-0.1, -0.05) is 42.5 Å². The van der Waals surface area contributed by atoms with Gasteiger partial charge in [0.2, 0.25) is 0 Å². The van der Waals surface area contributed by atoms with Crippen LogP contribution in [-0.4, -0.2) is 25.7 Å². The molecule has 0 bridgehead atoms. The number of H-pyrrole nitrogens is 1. The maximum absolute atomic E-state index is 12.9. The van der Waals surface area contributed by atoms with Crippen molar-refractivity contribution in [3.05, 3.63) is 81.8 Å². The van der Waals surface area contributed by atoms with Gasteiger partial charge in [0.05, 0.1) is 15.5 Å². The fourth-order valence-electron chi connectivity index (χ4n) is 3.13. The highest BCUT2D eigenvalue weighted by Crippen LogP contribution is 2.26.